The van der Waals surface area contributed by atoms with Gasteiger partial charge in [0.1, 0.15) is 0 Å². The average Bonchev–Trinajstić information content (AvgIpc) is 2.84. The molecule has 0 saturated carbocycles. The Bertz CT molecular complexity index is 890. The van der Waals surface area contributed by atoms with Gasteiger partial charge in [0.15, 0.2) is 12.0 Å². The van der Waals surface area contributed by atoms with E-state index in [0.717, 1.165) is 6.29 Å². The summed E-state index contributed by atoms with van der Waals surface area (Å²) in [4.78, 5) is 23.5. The lowest BCUT2D eigenvalue weighted by molar-refractivity contribution is -0.132. The number of hydrogen-bond donors (Lipinski definition) is 1. The minimum absolute atomic E-state index is 0.0188. The first-order valence-electron chi connectivity index (χ1n) is 7.71. The summed E-state index contributed by atoms with van der Waals surface area (Å²) in [6, 6.07) is 13.8. The maximum Gasteiger partial charge on any atom is 0.354 e. The van der Waals surface area contributed by atoms with Gasteiger partial charge in [-0.15, -0.1) is 0 Å². The highest BCUT2D eigenvalue weighted by molar-refractivity contribution is 6.30. The highest BCUT2D eigenvalue weighted by Crippen LogP contribution is 2.33. The lowest BCUT2D eigenvalue weighted by atomic mass is 9.95. The second-order valence-electron chi connectivity index (χ2n) is 5.47. The smallest absolute Gasteiger partial charge is 0.354 e. The van der Waals surface area contributed by atoms with Crippen molar-refractivity contribution in [1.29, 1.82) is 0 Å². The fourth-order valence-electron chi connectivity index (χ4n) is 2.81. The number of anilines is 1. The zero-order chi connectivity index (χ0) is 17.8. The fraction of sp³-hybridized carbons (Fsp3) is 0.105. The van der Waals surface area contributed by atoms with Crippen LogP contribution < -0.4 is 5.01 Å². The molecule has 126 valence electrons. The van der Waals surface area contributed by atoms with Crippen molar-refractivity contribution >= 4 is 41.3 Å². The van der Waals surface area contributed by atoms with Gasteiger partial charge >= 0.3 is 5.97 Å². The van der Waals surface area contributed by atoms with Gasteiger partial charge in [-0.2, -0.15) is 5.10 Å². The topological polar surface area (TPSA) is 70.0 Å². The molecule has 2 aromatic carbocycles. The molecule has 1 aliphatic rings. The van der Waals surface area contributed by atoms with Gasteiger partial charge in [-0.25, -0.2) is 9.80 Å². The molecule has 1 aliphatic heterocycles. The predicted octanol–water partition coefficient (Wildman–Crippen LogP) is 4.23. The van der Waals surface area contributed by atoms with Crippen LogP contribution in [0.15, 0.2) is 59.3 Å². The Kier molecular flexibility index (Phi) is 4.95. The van der Waals surface area contributed by atoms with E-state index in [0.29, 0.717) is 40.3 Å². The van der Waals surface area contributed by atoms with E-state index >= 15 is 0 Å². The molecule has 0 spiro atoms. The zero-order valence-corrected chi connectivity index (χ0v) is 14.0. The Labute approximate surface area is 149 Å². The summed E-state index contributed by atoms with van der Waals surface area (Å²) in [6.45, 7) is 0. The molecule has 5 nitrogen and oxygen atoms in total. The Morgan fingerprint density at radius 2 is 2.00 bits per heavy atom. The number of benzene rings is 2. The summed E-state index contributed by atoms with van der Waals surface area (Å²) in [5.41, 5.74) is 2.18. The lowest BCUT2D eigenvalue weighted by Gasteiger charge is -2.22. The maximum absolute atomic E-state index is 12.1. The molecule has 0 aliphatic carbocycles. The van der Waals surface area contributed by atoms with Crippen LogP contribution in [0.3, 0.4) is 0 Å². The number of aliphatic carboxylic acids is 1. The molecular formula is C19H15ClN2O3. The summed E-state index contributed by atoms with van der Waals surface area (Å²) >= 11 is 6.04. The normalized spacial score (nSPS) is 14.4. The van der Waals surface area contributed by atoms with Crippen LogP contribution >= 0.6 is 11.6 Å². The number of hydrogen-bond acceptors (Lipinski definition) is 4. The van der Waals surface area contributed by atoms with E-state index in [9.17, 15) is 14.7 Å². The average molecular weight is 355 g/mol. The molecule has 0 unspecified atom stereocenters. The van der Waals surface area contributed by atoms with Gasteiger partial charge in [-0.1, -0.05) is 41.9 Å². The molecule has 6 heteroatoms. The minimum atomic E-state index is -1.12. The number of aldehydes is 1. The number of nitrogens with zero attached hydrogens (tertiary/aromatic N) is 2. The van der Waals surface area contributed by atoms with E-state index in [1.165, 1.54) is 5.01 Å². The number of carbonyl (C=O) groups excluding carboxylic acids is 1. The number of carboxylic acid groups (broad SMARTS) is 1. The van der Waals surface area contributed by atoms with Crippen molar-refractivity contribution in [3.8, 4) is 0 Å². The van der Waals surface area contributed by atoms with Crippen LogP contribution in [0.1, 0.15) is 28.8 Å². The number of halogens is 1. The Balaban J connectivity index is 2.24. The summed E-state index contributed by atoms with van der Waals surface area (Å²) in [5, 5.41) is 16.0. The van der Waals surface area contributed by atoms with Crippen LogP contribution in [0.5, 0.6) is 0 Å². The molecule has 0 fully saturated rings. The molecule has 2 aromatic rings. The molecule has 0 radical (unpaired) electrons. The number of carboxylic acids is 1. The van der Waals surface area contributed by atoms with E-state index in [-0.39, 0.29) is 5.70 Å². The third-order valence-corrected chi connectivity index (χ3v) is 4.12. The van der Waals surface area contributed by atoms with Gasteiger partial charge in [0.25, 0.3) is 0 Å². The van der Waals surface area contributed by atoms with Crippen LogP contribution in [0.4, 0.5) is 5.69 Å². The monoisotopic (exact) mass is 354 g/mol. The lowest BCUT2D eigenvalue weighted by Crippen LogP contribution is -2.23. The Morgan fingerprint density at radius 3 is 2.72 bits per heavy atom. The second kappa shape index (κ2) is 7.32. The standard InChI is InChI=1S/C19H15ClN2O3/c20-14-6-3-7-15(11-14)22-18(19(24)25)17(9-4-10-21-22)16-8-2-1-5-13(16)12-23/h1-3,5-8,10-12H,4,9H2,(H,24,25). The van der Waals surface area contributed by atoms with Gasteiger partial charge in [0.05, 0.1) is 5.69 Å². The van der Waals surface area contributed by atoms with Crippen molar-refractivity contribution in [2.24, 2.45) is 5.10 Å². The molecule has 3 rings (SSSR count). The van der Waals surface area contributed by atoms with Crippen LogP contribution in [-0.2, 0) is 4.79 Å². The van der Waals surface area contributed by atoms with Crippen molar-refractivity contribution in [1.82, 2.24) is 0 Å². The third-order valence-electron chi connectivity index (χ3n) is 3.89. The molecule has 0 bridgehead atoms. The molecular weight excluding hydrogens is 340 g/mol. The summed E-state index contributed by atoms with van der Waals surface area (Å²) in [7, 11) is 0. The molecule has 25 heavy (non-hydrogen) atoms. The molecule has 0 amide bonds. The number of carbonyl (C=O) groups is 2. The first-order valence-corrected chi connectivity index (χ1v) is 8.08. The zero-order valence-electron chi connectivity index (χ0n) is 13.2. The van der Waals surface area contributed by atoms with Crippen LogP contribution in [0, 0.1) is 0 Å². The molecule has 1 N–H and O–H groups in total. The number of rotatable bonds is 4. The Hall–Kier alpha value is -2.92. The van der Waals surface area contributed by atoms with Gasteiger partial charge < -0.3 is 5.11 Å². The third kappa shape index (κ3) is 3.46. The maximum atomic E-state index is 12.1. The van der Waals surface area contributed by atoms with Gasteiger partial charge in [-0.05, 0) is 42.2 Å². The second-order valence-corrected chi connectivity index (χ2v) is 5.90. The summed E-state index contributed by atoms with van der Waals surface area (Å²) in [6.07, 6.45) is 3.43. The van der Waals surface area contributed by atoms with Crippen molar-refractivity contribution in [3.63, 3.8) is 0 Å². The molecule has 0 saturated heterocycles. The first-order chi connectivity index (χ1) is 12.1. The van der Waals surface area contributed by atoms with E-state index in [1.54, 1.807) is 54.7 Å². The van der Waals surface area contributed by atoms with E-state index < -0.39 is 5.97 Å². The Morgan fingerprint density at radius 1 is 1.20 bits per heavy atom. The minimum Gasteiger partial charge on any atom is -0.477 e. The fourth-order valence-corrected chi connectivity index (χ4v) is 3.00. The van der Waals surface area contributed by atoms with Crippen LogP contribution in [-0.4, -0.2) is 23.6 Å². The quantitative estimate of drug-likeness (QED) is 0.834. The molecule has 0 atom stereocenters. The molecule has 0 aromatic heterocycles. The number of allylic oxidation sites excluding steroid dienone is 1. The van der Waals surface area contributed by atoms with E-state index in [4.69, 9.17) is 11.6 Å². The predicted molar refractivity (Wildman–Crippen MR) is 98.0 cm³/mol. The SMILES string of the molecule is O=Cc1ccccc1C1=C(C(=O)O)N(c2cccc(Cl)c2)N=CCC1. The van der Waals surface area contributed by atoms with Crippen molar-refractivity contribution in [3.05, 3.63) is 70.4 Å². The van der Waals surface area contributed by atoms with Gasteiger partial charge in [-0.3, -0.25) is 4.79 Å². The van der Waals surface area contributed by atoms with Crippen molar-refractivity contribution in [2.75, 3.05) is 5.01 Å². The summed E-state index contributed by atoms with van der Waals surface area (Å²) < 4.78 is 0. The van der Waals surface area contributed by atoms with Crippen LogP contribution in [0.2, 0.25) is 5.02 Å². The number of hydrazone groups is 1. The molecule has 1 heterocycles. The summed E-state index contributed by atoms with van der Waals surface area (Å²) in [5.74, 6) is -1.12. The van der Waals surface area contributed by atoms with E-state index in [1.807, 2.05) is 0 Å². The largest absolute Gasteiger partial charge is 0.477 e. The van der Waals surface area contributed by atoms with E-state index in [2.05, 4.69) is 5.10 Å². The highest BCUT2D eigenvalue weighted by atomic mass is 35.5. The van der Waals surface area contributed by atoms with Crippen molar-refractivity contribution in [2.45, 2.75) is 12.8 Å². The van der Waals surface area contributed by atoms with Crippen LogP contribution in [0.25, 0.3) is 5.57 Å². The first kappa shape index (κ1) is 16.9. The van der Waals surface area contributed by atoms with Crippen molar-refractivity contribution < 1.29 is 14.7 Å². The van der Waals surface area contributed by atoms with Gasteiger partial charge in [0, 0.05) is 16.8 Å². The van der Waals surface area contributed by atoms with Gasteiger partial charge in [0.2, 0.25) is 0 Å². The highest BCUT2D eigenvalue weighted by Gasteiger charge is 2.26.